The molecule has 0 heterocycles. The number of unbranched alkanes of at least 4 members (excludes halogenated alkanes) is 8. The van der Waals surface area contributed by atoms with Crippen LogP contribution in [0.4, 0.5) is 5.69 Å². The van der Waals surface area contributed by atoms with Crippen LogP contribution in [0.2, 0.25) is 0 Å². The first-order valence-corrected chi connectivity index (χ1v) is 10.9. The molecule has 0 spiro atoms. The van der Waals surface area contributed by atoms with Crippen molar-refractivity contribution in [3.63, 3.8) is 0 Å². The molecule has 0 fully saturated rings. The van der Waals surface area contributed by atoms with Crippen molar-refractivity contribution in [3.05, 3.63) is 42.0 Å². The maximum absolute atomic E-state index is 11.2. The minimum absolute atomic E-state index is 0.402. The number of allylic oxidation sites excluding steroid dienone is 2. The third-order valence-corrected chi connectivity index (χ3v) is 5.04. The Morgan fingerprint density at radius 3 is 2.11 bits per heavy atom. The predicted molar refractivity (Wildman–Crippen MR) is 117 cm³/mol. The highest BCUT2D eigenvalue weighted by Gasteiger charge is 2.16. The number of aliphatic carboxylic acids is 1. The predicted octanol–water partition coefficient (Wildman–Crippen LogP) is 7.15. The first kappa shape index (κ1) is 23.3. The number of nitrogens with one attached hydrogen (secondary N) is 1. The SMILES string of the molecule is CCCCCCCCC/C=C/CCCNc1ccc(C(CC)C(=O)O)cc1. The lowest BCUT2D eigenvalue weighted by molar-refractivity contribution is -0.138. The summed E-state index contributed by atoms with van der Waals surface area (Å²) < 4.78 is 0. The van der Waals surface area contributed by atoms with Gasteiger partial charge in [-0.25, -0.2) is 0 Å². The van der Waals surface area contributed by atoms with E-state index in [1.54, 1.807) is 0 Å². The normalized spacial score (nSPS) is 12.4. The Morgan fingerprint density at radius 1 is 0.926 bits per heavy atom. The quantitative estimate of drug-likeness (QED) is 0.239. The van der Waals surface area contributed by atoms with Crippen molar-refractivity contribution in [1.29, 1.82) is 0 Å². The fraction of sp³-hybridized carbons (Fsp3) is 0.625. The van der Waals surface area contributed by atoms with Gasteiger partial charge in [0.15, 0.2) is 0 Å². The van der Waals surface area contributed by atoms with E-state index in [0.29, 0.717) is 6.42 Å². The van der Waals surface area contributed by atoms with Gasteiger partial charge in [0.1, 0.15) is 0 Å². The summed E-state index contributed by atoms with van der Waals surface area (Å²) in [6.45, 7) is 5.11. The van der Waals surface area contributed by atoms with Crippen LogP contribution in [0.5, 0.6) is 0 Å². The van der Waals surface area contributed by atoms with Crippen molar-refractivity contribution in [2.75, 3.05) is 11.9 Å². The van der Waals surface area contributed by atoms with E-state index in [1.165, 1.54) is 51.4 Å². The van der Waals surface area contributed by atoms with Crippen LogP contribution < -0.4 is 5.32 Å². The van der Waals surface area contributed by atoms with Crippen molar-refractivity contribution < 1.29 is 9.90 Å². The summed E-state index contributed by atoms with van der Waals surface area (Å²) in [5.74, 6) is -1.15. The van der Waals surface area contributed by atoms with Crippen molar-refractivity contribution in [2.24, 2.45) is 0 Å². The Balaban J connectivity index is 2.07. The lowest BCUT2D eigenvalue weighted by Crippen LogP contribution is -2.10. The largest absolute Gasteiger partial charge is 0.481 e. The maximum atomic E-state index is 11.2. The first-order chi connectivity index (χ1) is 13.2. The number of carboxylic acids is 1. The van der Waals surface area contributed by atoms with Crippen molar-refractivity contribution in [1.82, 2.24) is 0 Å². The second kappa shape index (κ2) is 15.3. The molecule has 0 saturated heterocycles. The summed E-state index contributed by atoms with van der Waals surface area (Å²) in [5, 5.41) is 12.6. The van der Waals surface area contributed by atoms with Gasteiger partial charge in [0.2, 0.25) is 0 Å². The van der Waals surface area contributed by atoms with E-state index >= 15 is 0 Å². The Morgan fingerprint density at radius 2 is 1.52 bits per heavy atom. The highest BCUT2D eigenvalue weighted by Crippen LogP contribution is 2.21. The molecule has 152 valence electrons. The Hall–Kier alpha value is -1.77. The Kier molecular flexibility index (Phi) is 13.2. The average molecular weight is 374 g/mol. The van der Waals surface area contributed by atoms with Crippen LogP contribution in [0.25, 0.3) is 0 Å². The topological polar surface area (TPSA) is 49.3 Å². The summed E-state index contributed by atoms with van der Waals surface area (Å²) >= 11 is 0. The standard InChI is InChI=1S/C24H39NO2/c1-3-5-6-7-8-9-10-11-12-13-14-15-20-25-22-18-16-21(17-19-22)23(4-2)24(26)27/h12-13,16-19,23,25H,3-11,14-15,20H2,1-2H3,(H,26,27)/b13-12+. The number of carboxylic acid groups (broad SMARTS) is 1. The number of rotatable bonds is 16. The van der Waals surface area contributed by atoms with Crippen molar-refractivity contribution in [2.45, 2.75) is 90.4 Å². The number of hydrogen-bond acceptors (Lipinski definition) is 2. The van der Waals surface area contributed by atoms with Crippen LogP contribution in [0.15, 0.2) is 36.4 Å². The smallest absolute Gasteiger partial charge is 0.310 e. The van der Waals surface area contributed by atoms with Gasteiger partial charge < -0.3 is 10.4 Å². The summed E-state index contributed by atoms with van der Waals surface area (Å²) in [5.41, 5.74) is 1.94. The van der Waals surface area contributed by atoms with E-state index in [0.717, 1.165) is 30.6 Å². The third-order valence-electron chi connectivity index (χ3n) is 5.04. The van der Waals surface area contributed by atoms with Gasteiger partial charge in [-0.3, -0.25) is 4.79 Å². The third kappa shape index (κ3) is 10.8. The molecular formula is C24H39NO2. The molecule has 0 aliphatic carbocycles. The molecular weight excluding hydrogens is 334 g/mol. The molecule has 0 aliphatic heterocycles. The molecule has 1 unspecified atom stereocenters. The molecule has 0 saturated carbocycles. The Bertz CT molecular complexity index is 522. The molecule has 1 atom stereocenters. The number of benzene rings is 1. The second-order valence-electron chi connectivity index (χ2n) is 7.37. The fourth-order valence-electron chi connectivity index (χ4n) is 3.29. The van der Waals surface area contributed by atoms with Gasteiger partial charge in [-0.1, -0.05) is 76.7 Å². The van der Waals surface area contributed by atoms with Crippen LogP contribution in [-0.4, -0.2) is 17.6 Å². The van der Waals surface area contributed by atoms with E-state index in [9.17, 15) is 9.90 Å². The fourth-order valence-corrected chi connectivity index (χ4v) is 3.29. The molecule has 3 heteroatoms. The van der Waals surface area contributed by atoms with E-state index < -0.39 is 11.9 Å². The molecule has 0 amide bonds. The van der Waals surface area contributed by atoms with Gasteiger partial charge in [-0.05, 0) is 49.8 Å². The number of anilines is 1. The monoisotopic (exact) mass is 373 g/mol. The molecule has 0 radical (unpaired) electrons. The molecule has 1 aromatic carbocycles. The van der Waals surface area contributed by atoms with Gasteiger partial charge in [0.05, 0.1) is 5.92 Å². The van der Waals surface area contributed by atoms with Gasteiger partial charge in [0.25, 0.3) is 0 Å². The van der Waals surface area contributed by atoms with Gasteiger partial charge in [-0.15, -0.1) is 0 Å². The first-order valence-electron chi connectivity index (χ1n) is 10.9. The minimum Gasteiger partial charge on any atom is -0.481 e. The molecule has 1 rings (SSSR count). The summed E-state index contributed by atoms with van der Waals surface area (Å²) in [6.07, 6.45) is 18.3. The molecule has 1 aromatic rings. The molecule has 3 nitrogen and oxygen atoms in total. The molecule has 0 bridgehead atoms. The molecule has 27 heavy (non-hydrogen) atoms. The van der Waals surface area contributed by atoms with Gasteiger partial charge in [-0.2, -0.15) is 0 Å². The highest BCUT2D eigenvalue weighted by atomic mass is 16.4. The van der Waals surface area contributed by atoms with Crippen LogP contribution in [0.1, 0.15) is 96.0 Å². The van der Waals surface area contributed by atoms with Crippen LogP contribution >= 0.6 is 0 Å². The average Bonchev–Trinajstić information content (AvgIpc) is 2.67. The molecule has 2 N–H and O–H groups in total. The summed E-state index contributed by atoms with van der Waals surface area (Å²) in [7, 11) is 0. The van der Waals surface area contributed by atoms with Gasteiger partial charge in [0, 0.05) is 12.2 Å². The van der Waals surface area contributed by atoms with E-state index in [4.69, 9.17) is 0 Å². The maximum Gasteiger partial charge on any atom is 0.310 e. The van der Waals surface area contributed by atoms with Gasteiger partial charge >= 0.3 is 5.97 Å². The lowest BCUT2D eigenvalue weighted by Gasteiger charge is -2.11. The van der Waals surface area contributed by atoms with Crippen LogP contribution in [0, 0.1) is 0 Å². The second-order valence-corrected chi connectivity index (χ2v) is 7.37. The van der Waals surface area contributed by atoms with Crippen molar-refractivity contribution in [3.8, 4) is 0 Å². The minimum atomic E-state index is -0.749. The zero-order valence-electron chi connectivity index (χ0n) is 17.4. The number of hydrogen-bond donors (Lipinski definition) is 2. The summed E-state index contributed by atoms with van der Waals surface area (Å²) in [4.78, 5) is 11.2. The zero-order chi connectivity index (χ0) is 19.7. The van der Waals surface area contributed by atoms with E-state index in [-0.39, 0.29) is 0 Å². The molecule has 0 aliphatic rings. The van der Waals surface area contributed by atoms with Crippen LogP contribution in [0.3, 0.4) is 0 Å². The lowest BCUT2D eigenvalue weighted by atomic mass is 9.96. The highest BCUT2D eigenvalue weighted by molar-refractivity contribution is 5.76. The zero-order valence-corrected chi connectivity index (χ0v) is 17.4. The van der Waals surface area contributed by atoms with E-state index in [1.807, 2.05) is 31.2 Å². The van der Waals surface area contributed by atoms with Crippen molar-refractivity contribution >= 4 is 11.7 Å². The summed E-state index contributed by atoms with van der Waals surface area (Å²) in [6, 6.07) is 7.81. The van der Waals surface area contributed by atoms with E-state index in [2.05, 4.69) is 24.4 Å². The number of carbonyl (C=O) groups is 1. The Labute approximate surface area is 166 Å². The van der Waals surface area contributed by atoms with Crippen LogP contribution in [-0.2, 0) is 4.79 Å². The molecule has 0 aromatic heterocycles.